The molecule has 1 atom stereocenters. The van der Waals surface area contributed by atoms with Crippen LogP contribution in [-0.4, -0.2) is 21.3 Å². The van der Waals surface area contributed by atoms with Gasteiger partial charge in [-0.15, -0.1) is 0 Å². The normalized spacial score (nSPS) is 12.0. The van der Waals surface area contributed by atoms with E-state index in [2.05, 4.69) is 39.4 Å². The van der Waals surface area contributed by atoms with Crippen LogP contribution in [-0.2, 0) is 6.42 Å². The van der Waals surface area contributed by atoms with Crippen molar-refractivity contribution in [1.29, 1.82) is 0 Å². The van der Waals surface area contributed by atoms with Gasteiger partial charge in [-0.1, -0.05) is 28.1 Å². The lowest BCUT2D eigenvalue weighted by molar-refractivity contribution is 0.413. The highest BCUT2D eigenvalue weighted by Gasteiger charge is 2.14. The van der Waals surface area contributed by atoms with E-state index in [0.29, 0.717) is 0 Å². The summed E-state index contributed by atoms with van der Waals surface area (Å²) in [6.07, 6.45) is 0.895. The lowest BCUT2D eigenvalue weighted by Gasteiger charge is -2.19. The van der Waals surface area contributed by atoms with E-state index in [9.17, 15) is 0 Å². The molecule has 112 valence electrons. The molecule has 0 aromatic heterocycles. The van der Waals surface area contributed by atoms with Crippen LogP contribution in [0.4, 0.5) is 0 Å². The number of likely N-dealkylation sites (N-methyl/N-ethyl adjacent to an activating group) is 1. The third kappa shape index (κ3) is 3.99. The lowest BCUT2D eigenvalue weighted by Crippen LogP contribution is -2.19. The molecule has 2 rings (SSSR count). The van der Waals surface area contributed by atoms with Gasteiger partial charge in [0.05, 0.1) is 14.2 Å². The van der Waals surface area contributed by atoms with E-state index in [4.69, 9.17) is 9.47 Å². The zero-order chi connectivity index (χ0) is 15.2. The van der Waals surface area contributed by atoms with Gasteiger partial charge in [0.2, 0.25) is 0 Å². The largest absolute Gasteiger partial charge is 0.497 e. The van der Waals surface area contributed by atoms with Crippen molar-refractivity contribution in [3.63, 3.8) is 0 Å². The zero-order valence-electron chi connectivity index (χ0n) is 12.5. The van der Waals surface area contributed by atoms with Gasteiger partial charge in [-0.3, -0.25) is 0 Å². The molecule has 0 radical (unpaired) electrons. The minimum Gasteiger partial charge on any atom is -0.497 e. The molecule has 0 bridgehead atoms. The first-order chi connectivity index (χ1) is 10.2. The fourth-order valence-electron chi connectivity index (χ4n) is 2.28. The molecule has 1 N–H and O–H groups in total. The van der Waals surface area contributed by atoms with Crippen LogP contribution in [0.15, 0.2) is 46.9 Å². The van der Waals surface area contributed by atoms with Gasteiger partial charge in [-0.2, -0.15) is 0 Å². The van der Waals surface area contributed by atoms with E-state index in [0.717, 1.165) is 22.4 Å². The van der Waals surface area contributed by atoms with Gasteiger partial charge in [-0.25, -0.2) is 0 Å². The highest BCUT2D eigenvalue weighted by molar-refractivity contribution is 9.10. The standard InChI is InChI=1S/C17H20BrNO2/c1-19-17(10-12-4-6-13(20-2)7-5-12)15-11-14(21-3)8-9-16(15)18/h4-9,11,17,19H,10H2,1-3H3. The average Bonchev–Trinajstić information content (AvgIpc) is 2.54. The molecule has 21 heavy (non-hydrogen) atoms. The highest BCUT2D eigenvalue weighted by Crippen LogP contribution is 2.30. The van der Waals surface area contributed by atoms with E-state index < -0.39 is 0 Å². The summed E-state index contributed by atoms with van der Waals surface area (Å²) in [7, 11) is 5.34. The van der Waals surface area contributed by atoms with Crippen molar-refractivity contribution in [2.45, 2.75) is 12.5 Å². The van der Waals surface area contributed by atoms with Crippen LogP contribution in [0.5, 0.6) is 11.5 Å². The van der Waals surface area contributed by atoms with E-state index in [1.165, 1.54) is 11.1 Å². The van der Waals surface area contributed by atoms with E-state index in [-0.39, 0.29) is 6.04 Å². The van der Waals surface area contributed by atoms with Gasteiger partial charge in [0, 0.05) is 10.5 Å². The molecule has 1 unspecified atom stereocenters. The molecule has 0 spiro atoms. The number of rotatable bonds is 6. The Morgan fingerprint density at radius 1 is 1.00 bits per heavy atom. The van der Waals surface area contributed by atoms with Crippen LogP contribution >= 0.6 is 15.9 Å². The molecule has 2 aromatic carbocycles. The summed E-state index contributed by atoms with van der Waals surface area (Å²) in [6, 6.07) is 14.4. The Hall–Kier alpha value is -1.52. The highest BCUT2D eigenvalue weighted by atomic mass is 79.9. The number of benzene rings is 2. The quantitative estimate of drug-likeness (QED) is 0.855. The maximum atomic E-state index is 5.32. The third-order valence-electron chi connectivity index (χ3n) is 3.53. The summed E-state index contributed by atoms with van der Waals surface area (Å²) in [5.74, 6) is 1.74. The van der Waals surface area contributed by atoms with Crippen molar-refractivity contribution >= 4 is 15.9 Å². The first kappa shape index (κ1) is 15.9. The van der Waals surface area contributed by atoms with Crippen LogP contribution in [0.25, 0.3) is 0 Å². The second-order valence-corrected chi connectivity index (χ2v) is 5.64. The van der Waals surface area contributed by atoms with Gasteiger partial charge in [-0.05, 0) is 54.9 Å². The topological polar surface area (TPSA) is 30.5 Å². The number of halogens is 1. The summed E-state index contributed by atoms with van der Waals surface area (Å²) >= 11 is 3.62. The van der Waals surface area contributed by atoms with Crippen LogP contribution in [0.1, 0.15) is 17.2 Å². The molecule has 0 amide bonds. The average molecular weight is 350 g/mol. The molecule has 4 heteroatoms. The predicted molar refractivity (Wildman–Crippen MR) is 89.2 cm³/mol. The first-order valence-corrected chi connectivity index (χ1v) is 7.61. The van der Waals surface area contributed by atoms with Crippen LogP contribution < -0.4 is 14.8 Å². The van der Waals surface area contributed by atoms with E-state index in [1.807, 2.05) is 31.3 Å². The Morgan fingerprint density at radius 2 is 1.62 bits per heavy atom. The monoisotopic (exact) mass is 349 g/mol. The summed E-state index contributed by atoms with van der Waals surface area (Å²) in [6.45, 7) is 0. The minimum absolute atomic E-state index is 0.211. The molecule has 0 saturated carbocycles. The van der Waals surface area contributed by atoms with Gasteiger partial charge in [0.15, 0.2) is 0 Å². The number of hydrogen-bond donors (Lipinski definition) is 1. The molecular weight excluding hydrogens is 330 g/mol. The Balaban J connectivity index is 2.22. The fraction of sp³-hybridized carbons (Fsp3) is 0.294. The maximum Gasteiger partial charge on any atom is 0.119 e. The smallest absolute Gasteiger partial charge is 0.119 e. The number of hydrogen-bond acceptors (Lipinski definition) is 3. The summed E-state index contributed by atoms with van der Waals surface area (Å²) in [5, 5.41) is 3.37. The van der Waals surface area contributed by atoms with Gasteiger partial charge in [0.1, 0.15) is 11.5 Å². The Bertz CT molecular complexity index is 584. The van der Waals surface area contributed by atoms with Crippen LogP contribution in [0.3, 0.4) is 0 Å². The summed E-state index contributed by atoms with van der Waals surface area (Å²) in [5.41, 5.74) is 2.44. The second-order valence-electron chi connectivity index (χ2n) is 4.78. The molecule has 0 heterocycles. The third-order valence-corrected chi connectivity index (χ3v) is 4.25. The predicted octanol–water partition coefficient (Wildman–Crippen LogP) is 3.97. The second kappa shape index (κ2) is 7.48. The van der Waals surface area contributed by atoms with Gasteiger partial charge < -0.3 is 14.8 Å². The molecule has 2 aromatic rings. The molecular formula is C17H20BrNO2. The Labute approximate surface area is 134 Å². The van der Waals surface area contributed by atoms with Crippen LogP contribution in [0, 0.1) is 0 Å². The van der Waals surface area contributed by atoms with Crippen molar-refractivity contribution in [1.82, 2.24) is 5.32 Å². The van der Waals surface area contributed by atoms with E-state index in [1.54, 1.807) is 14.2 Å². The van der Waals surface area contributed by atoms with Crippen molar-refractivity contribution in [2.75, 3.05) is 21.3 Å². The van der Waals surface area contributed by atoms with Gasteiger partial charge in [0.25, 0.3) is 0 Å². The van der Waals surface area contributed by atoms with Gasteiger partial charge >= 0.3 is 0 Å². The summed E-state index contributed by atoms with van der Waals surface area (Å²) < 4.78 is 11.6. The Morgan fingerprint density at radius 3 is 2.19 bits per heavy atom. The molecule has 0 fully saturated rings. The van der Waals surface area contributed by atoms with Crippen molar-refractivity contribution in [2.24, 2.45) is 0 Å². The minimum atomic E-state index is 0.211. The molecule has 3 nitrogen and oxygen atoms in total. The maximum absolute atomic E-state index is 5.32. The number of methoxy groups -OCH3 is 2. The van der Waals surface area contributed by atoms with Crippen molar-refractivity contribution in [3.05, 3.63) is 58.1 Å². The molecule has 0 saturated heterocycles. The van der Waals surface area contributed by atoms with Crippen LogP contribution in [0.2, 0.25) is 0 Å². The molecule has 0 aliphatic carbocycles. The Kier molecular flexibility index (Phi) is 5.65. The van der Waals surface area contributed by atoms with Crippen molar-refractivity contribution in [3.8, 4) is 11.5 Å². The number of nitrogens with one attached hydrogen (secondary N) is 1. The lowest BCUT2D eigenvalue weighted by atomic mass is 9.98. The zero-order valence-corrected chi connectivity index (χ0v) is 14.1. The molecule has 0 aliphatic rings. The summed E-state index contributed by atoms with van der Waals surface area (Å²) in [4.78, 5) is 0. The number of ether oxygens (including phenoxy) is 2. The van der Waals surface area contributed by atoms with E-state index >= 15 is 0 Å². The van der Waals surface area contributed by atoms with Crippen molar-refractivity contribution < 1.29 is 9.47 Å². The SMILES string of the molecule is CNC(Cc1ccc(OC)cc1)c1cc(OC)ccc1Br. The molecule has 0 aliphatic heterocycles. The first-order valence-electron chi connectivity index (χ1n) is 6.81. The fourth-order valence-corrected chi connectivity index (χ4v) is 2.80.